The minimum atomic E-state index is -0.0900. The van der Waals surface area contributed by atoms with Gasteiger partial charge in [-0.1, -0.05) is 6.92 Å². The van der Waals surface area contributed by atoms with Gasteiger partial charge in [0.2, 0.25) is 0 Å². The van der Waals surface area contributed by atoms with E-state index >= 15 is 0 Å². The molecule has 1 aliphatic rings. The lowest BCUT2D eigenvalue weighted by Gasteiger charge is -2.17. The number of carbonyl (C=O) groups is 1. The zero-order valence-corrected chi connectivity index (χ0v) is 15.8. The third-order valence-corrected chi connectivity index (χ3v) is 4.47. The molecule has 2 atom stereocenters. The number of nitrogens with zero attached hydrogens (tertiary/aromatic N) is 1. The van der Waals surface area contributed by atoms with E-state index in [1.807, 2.05) is 19.1 Å². The second kappa shape index (κ2) is 8.02. The van der Waals surface area contributed by atoms with Gasteiger partial charge in [-0.15, -0.1) is 0 Å². The molecule has 0 aliphatic heterocycles. The van der Waals surface area contributed by atoms with Gasteiger partial charge in [-0.3, -0.25) is 4.79 Å². The Morgan fingerprint density at radius 3 is 2.65 bits per heavy atom. The summed E-state index contributed by atoms with van der Waals surface area (Å²) >= 11 is 3.53. The number of carbonyl (C=O) groups excluding carboxylic acids is 1. The summed E-state index contributed by atoms with van der Waals surface area (Å²) in [6.45, 7) is 5.51. The lowest BCUT2D eigenvalue weighted by atomic mass is 10.2. The molecule has 6 heteroatoms. The van der Waals surface area contributed by atoms with Crippen molar-refractivity contribution in [1.29, 1.82) is 0 Å². The van der Waals surface area contributed by atoms with Crippen LogP contribution in [0.3, 0.4) is 0 Å². The molecule has 1 saturated carbocycles. The standard InChI is InChI=1S/C17H25BrN2O3/c1-5-22-15-8-12(9-19-14-6-11(14)2)7-13(18)17(15)23-10-16(21)20(3)4/h7-8,11,14,19H,5-6,9-10H2,1-4H3/t11-,14-/m1/s1. The number of amides is 1. The number of ether oxygens (including phenoxy) is 2. The first-order valence-corrected chi connectivity index (χ1v) is 8.73. The minimum absolute atomic E-state index is 0.0111. The first-order chi connectivity index (χ1) is 10.9. The van der Waals surface area contributed by atoms with Crippen LogP contribution in [-0.4, -0.2) is 44.2 Å². The van der Waals surface area contributed by atoms with Gasteiger partial charge in [0.15, 0.2) is 18.1 Å². The van der Waals surface area contributed by atoms with Crippen molar-refractivity contribution in [3.8, 4) is 11.5 Å². The zero-order chi connectivity index (χ0) is 17.0. The molecule has 0 bridgehead atoms. The predicted molar refractivity (Wildman–Crippen MR) is 93.9 cm³/mol. The molecule has 1 amide bonds. The maximum atomic E-state index is 11.7. The highest BCUT2D eigenvalue weighted by molar-refractivity contribution is 9.10. The van der Waals surface area contributed by atoms with Crippen LogP contribution < -0.4 is 14.8 Å². The number of benzene rings is 1. The molecule has 1 aliphatic carbocycles. The lowest BCUT2D eigenvalue weighted by molar-refractivity contribution is -0.130. The summed E-state index contributed by atoms with van der Waals surface area (Å²) < 4.78 is 12.2. The van der Waals surface area contributed by atoms with Crippen LogP contribution in [0.2, 0.25) is 0 Å². The number of halogens is 1. The van der Waals surface area contributed by atoms with Gasteiger partial charge in [0, 0.05) is 26.7 Å². The van der Waals surface area contributed by atoms with E-state index in [1.54, 1.807) is 14.1 Å². The molecule has 1 aromatic rings. The summed E-state index contributed by atoms with van der Waals surface area (Å²) in [4.78, 5) is 13.2. The average molecular weight is 385 g/mol. The quantitative estimate of drug-likeness (QED) is 0.748. The summed E-state index contributed by atoms with van der Waals surface area (Å²) in [7, 11) is 3.41. The van der Waals surface area contributed by atoms with Gasteiger partial charge in [-0.2, -0.15) is 0 Å². The van der Waals surface area contributed by atoms with E-state index in [9.17, 15) is 4.79 Å². The molecule has 1 aromatic carbocycles. The maximum Gasteiger partial charge on any atom is 0.259 e. The summed E-state index contributed by atoms with van der Waals surface area (Å²) in [5.74, 6) is 1.91. The molecule has 0 spiro atoms. The molecule has 2 rings (SSSR count). The smallest absolute Gasteiger partial charge is 0.259 e. The highest BCUT2D eigenvalue weighted by Gasteiger charge is 2.31. The molecule has 1 N–H and O–H groups in total. The van der Waals surface area contributed by atoms with E-state index < -0.39 is 0 Å². The zero-order valence-electron chi connectivity index (χ0n) is 14.2. The molecule has 0 radical (unpaired) electrons. The van der Waals surface area contributed by atoms with Crippen molar-refractivity contribution in [3.63, 3.8) is 0 Å². The molecule has 0 saturated heterocycles. The molecular formula is C17H25BrN2O3. The average Bonchev–Trinajstić information content (AvgIpc) is 3.20. The van der Waals surface area contributed by atoms with Crippen LogP contribution in [0, 0.1) is 5.92 Å². The largest absolute Gasteiger partial charge is 0.490 e. The van der Waals surface area contributed by atoms with Gasteiger partial charge in [-0.05, 0) is 52.9 Å². The second-order valence-electron chi connectivity index (χ2n) is 6.12. The Morgan fingerprint density at radius 1 is 1.39 bits per heavy atom. The van der Waals surface area contributed by atoms with Crippen molar-refractivity contribution in [2.45, 2.75) is 32.9 Å². The van der Waals surface area contributed by atoms with Crippen LogP contribution in [0.25, 0.3) is 0 Å². The van der Waals surface area contributed by atoms with E-state index in [-0.39, 0.29) is 12.5 Å². The first kappa shape index (κ1) is 18.1. The van der Waals surface area contributed by atoms with E-state index in [1.165, 1.54) is 11.3 Å². The Morgan fingerprint density at radius 2 is 2.09 bits per heavy atom. The van der Waals surface area contributed by atoms with Crippen molar-refractivity contribution < 1.29 is 14.3 Å². The van der Waals surface area contributed by atoms with Crippen molar-refractivity contribution >= 4 is 21.8 Å². The third kappa shape index (κ3) is 5.11. The number of rotatable bonds is 8. The topological polar surface area (TPSA) is 50.8 Å². The van der Waals surface area contributed by atoms with Gasteiger partial charge in [-0.25, -0.2) is 0 Å². The second-order valence-corrected chi connectivity index (χ2v) is 6.97. The van der Waals surface area contributed by atoms with E-state index in [4.69, 9.17) is 9.47 Å². The fourth-order valence-electron chi connectivity index (χ4n) is 2.24. The molecule has 0 aromatic heterocycles. The molecule has 23 heavy (non-hydrogen) atoms. The van der Waals surface area contributed by atoms with Gasteiger partial charge in [0.25, 0.3) is 5.91 Å². The monoisotopic (exact) mass is 384 g/mol. The van der Waals surface area contributed by atoms with Crippen LogP contribution in [0.1, 0.15) is 25.8 Å². The SMILES string of the molecule is CCOc1cc(CN[C@@H]2C[C@H]2C)cc(Br)c1OCC(=O)N(C)C. The van der Waals surface area contributed by atoms with Crippen LogP contribution in [0.15, 0.2) is 16.6 Å². The van der Waals surface area contributed by atoms with E-state index in [0.717, 1.165) is 22.5 Å². The highest BCUT2D eigenvalue weighted by atomic mass is 79.9. The van der Waals surface area contributed by atoms with Crippen LogP contribution >= 0.6 is 15.9 Å². The number of hydrogen-bond acceptors (Lipinski definition) is 4. The predicted octanol–water partition coefficient (Wildman–Crippen LogP) is 2.81. The minimum Gasteiger partial charge on any atom is -0.490 e. The van der Waals surface area contributed by atoms with Crippen molar-refractivity contribution in [3.05, 3.63) is 22.2 Å². The van der Waals surface area contributed by atoms with Gasteiger partial charge in [0.1, 0.15) is 0 Å². The molecule has 0 unspecified atom stereocenters. The van der Waals surface area contributed by atoms with Crippen LogP contribution in [-0.2, 0) is 11.3 Å². The summed E-state index contributed by atoms with van der Waals surface area (Å²) in [6.07, 6.45) is 1.24. The normalized spacial score (nSPS) is 19.3. The Bertz CT molecular complexity index is 563. The number of likely N-dealkylation sites (N-methyl/N-ethyl adjacent to an activating group) is 1. The highest BCUT2D eigenvalue weighted by Crippen LogP contribution is 2.37. The summed E-state index contributed by atoms with van der Waals surface area (Å²) in [6, 6.07) is 4.61. The molecule has 5 nitrogen and oxygen atoms in total. The fourth-order valence-corrected chi connectivity index (χ4v) is 2.85. The van der Waals surface area contributed by atoms with Crippen LogP contribution in [0.5, 0.6) is 11.5 Å². The first-order valence-electron chi connectivity index (χ1n) is 7.94. The van der Waals surface area contributed by atoms with Crippen molar-refractivity contribution in [2.75, 3.05) is 27.3 Å². The van der Waals surface area contributed by atoms with Gasteiger partial charge < -0.3 is 19.7 Å². The molecule has 1 fully saturated rings. The summed E-state index contributed by atoms with van der Waals surface area (Å²) in [5.41, 5.74) is 1.13. The fraction of sp³-hybridized carbons (Fsp3) is 0.588. The van der Waals surface area contributed by atoms with E-state index in [2.05, 4.69) is 28.2 Å². The maximum absolute atomic E-state index is 11.7. The van der Waals surface area contributed by atoms with Gasteiger partial charge >= 0.3 is 0 Å². The Balaban J connectivity index is 2.08. The molecule has 128 valence electrons. The van der Waals surface area contributed by atoms with Crippen molar-refractivity contribution in [2.24, 2.45) is 5.92 Å². The Kier molecular flexibility index (Phi) is 6.30. The van der Waals surface area contributed by atoms with Gasteiger partial charge in [0.05, 0.1) is 11.1 Å². The Hall–Kier alpha value is -1.27. The number of nitrogens with one attached hydrogen (secondary N) is 1. The molecule has 0 heterocycles. The summed E-state index contributed by atoms with van der Waals surface area (Å²) in [5, 5.41) is 3.53. The van der Waals surface area contributed by atoms with Crippen molar-refractivity contribution in [1.82, 2.24) is 10.2 Å². The van der Waals surface area contributed by atoms with E-state index in [0.29, 0.717) is 24.1 Å². The lowest BCUT2D eigenvalue weighted by Crippen LogP contribution is -2.27. The van der Waals surface area contributed by atoms with Crippen LogP contribution in [0.4, 0.5) is 0 Å². The molecular weight excluding hydrogens is 360 g/mol. The third-order valence-electron chi connectivity index (χ3n) is 3.89. The number of hydrogen-bond donors (Lipinski definition) is 1. The Labute approximate surface area is 146 Å².